The van der Waals surface area contributed by atoms with E-state index in [9.17, 15) is 14.4 Å². The van der Waals surface area contributed by atoms with Gasteiger partial charge in [0.2, 0.25) is 11.8 Å². The number of nitrogens with zero attached hydrogens (tertiary/aromatic N) is 2. The molecule has 7 nitrogen and oxygen atoms in total. The summed E-state index contributed by atoms with van der Waals surface area (Å²) in [5.74, 6) is -0.712. The summed E-state index contributed by atoms with van der Waals surface area (Å²) >= 11 is 1.32. The Hall–Kier alpha value is -2.74. The third-order valence-electron chi connectivity index (χ3n) is 5.15. The second kappa shape index (κ2) is 9.84. The molecule has 160 valence electrons. The summed E-state index contributed by atoms with van der Waals surface area (Å²) in [6.45, 7) is 4.86. The highest BCUT2D eigenvalue weighted by Gasteiger charge is 2.32. The number of nitrogens with one attached hydrogen (secondary N) is 1. The van der Waals surface area contributed by atoms with Gasteiger partial charge in [0.15, 0.2) is 5.13 Å². The Labute approximate surface area is 180 Å². The van der Waals surface area contributed by atoms with Crippen molar-refractivity contribution < 1.29 is 19.1 Å². The number of hydrogen-bond acceptors (Lipinski definition) is 6. The van der Waals surface area contributed by atoms with Gasteiger partial charge < -0.3 is 10.1 Å². The third kappa shape index (κ3) is 5.44. The fraction of sp³-hybridized carbons (Fsp3) is 0.455. The fourth-order valence-electron chi connectivity index (χ4n) is 3.77. The second-order valence-electron chi connectivity index (χ2n) is 7.65. The Morgan fingerprint density at radius 1 is 1.27 bits per heavy atom. The Balaban J connectivity index is 1.68. The standard InChI is InChI=1S/C22H27N3O4S/c1-14-7-6-10-19(11-14)25(16(3)27)22-24-18(13-30-22)12-29-21(28)20(23-15(2)26)17-8-4-5-9-17/h6-7,10-11,13,17,20H,4-5,8-9,12H2,1-3H3,(H,23,26)/t20-/m1/s1. The van der Waals surface area contributed by atoms with Crippen molar-refractivity contribution in [1.29, 1.82) is 0 Å². The van der Waals surface area contributed by atoms with Crippen LogP contribution < -0.4 is 10.2 Å². The Kier molecular flexibility index (Phi) is 7.20. The molecule has 1 N–H and O–H groups in total. The maximum absolute atomic E-state index is 12.6. The van der Waals surface area contributed by atoms with Crippen LogP contribution in [0.4, 0.5) is 10.8 Å². The van der Waals surface area contributed by atoms with Crippen molar-refractivity contribution in [2.45, 2.75) is 59.1 Å². The first-order valence-corrected chi connectivity index (χ1v) is 11.0. The Morgan fingerprint density at radius 3 is 2.63 bits per heavy atom. The van der Waals surface area contributed by atoms with Gasteiger partial charge in [-0.15, -0.1) is 11.3 Å². The van der Waals surface area contributed by atoms with Crippen molar-refractivity contribution >= 4 is 39.9 Å². The minimum absolute atomic E-state index is 0.00228. The molecule has 0 radical (unpaired) electrons. The Morgan fingerprint density at radius 2 is 2.00 bits per heavy atom. The largest absolute Gasteiger partial charge is 0.458 e. The van der Waals surface area contributed by atoms with Crippen molar-refractivity contribution in [3.05, 3.63) is 40.9 Å². The van der Waals surface area contributed by atoms with Crippen LogP contribution in [0.25, 0.3) is 0 Å². The maximum Gasteiger partial charge on any atom is 0.329 e. The zero-order valence-corrected chi connectivity index (χ0v) is 18.3. The van der Waals surface area contributed by atoms with E-state index in [1.165, 1.54) is 25.2 Å². The van der Waals surface area contributed by atoms with Crippen LogP contribution in [0.5, 0.6) is 0 Å². The first-order valence-electron chi connectivity index (χ1n) is 10.1. The molecule has 0 saturated heterocycles. The molecule has 1 atom stereocenters. The molecular weight excluding hydrogens is 402 g/mol. The van der Waals surface area contributed by atoms with E-state index >= 15 is 0 Å². The highest BCUT2D eigenvalue weighted by molar-refractivity contribution is 7.14. The van der Waals surface area contributed by atoms with Crippen molar-refractivity contribution in [3.8, 4) is 0 Å². The molecule has 0 aliphatic heterocycles. The molecule has 2 amide bonds. The van der Waals surface area contributed by atoms with Gasteiger partial charge in [0.1, 0.15) is 12.6 Å². The number of hydrogen-bond donors (Lipinski definition) is 1. The molecule has 1 aliphatic rings. The van der Waals surface area contributed by atoms with Crippen LogP contribution >= 0.6 is 11.3 Å². The van der Waals surface area contributed by atoms with Gasteiger partial charge in [0.25, 0.3) is 0 Å². The van der Waals surface area contributed by atoms with E-state index in [0.717, 1.165) is 36.9 Å². The van der Waals surface area contributed by atoms with Gasteiger partial charge in [-0.05, 0) is 43.4 Å². The van der Waals surface area contributed by atoms with Crippen molar-refractivity contribution in [3.63, 3.8) is 0 Å². The summed E-state index contributed by atoms with van der Waals surface area (Å²) in [5, 5.41) is 5.04. The fourth-order valence-corrected chi connectivity index (χ4v) is 4.64. The number of thiazole rings is 1. The van der Waals surface area contributed by atoms with E-state index in [0.29, 0.717) is 10.8 Å². The monoisotopic (exact) mass is 429 g/mol. The topological polar surface area (TPSA) is 88.6 Å². The van der Waals surface area contributed by atoms with Gasteiger partial charge in [0, 0.05) is 19.2 Å². The SMILES string of the molecule is CC(=O)N[C@@H](C(=O)OCc1csc(N(C(C)=O)c2cccc(C)c2)n1)C1CCCC1. The maximum atomic E-state index is 12.6. The number of carbonyl (C=O) groups excluding carboxylic acids is 3. The zero-order valence-electron chi connectivity index (χ0n) is 17.5. The Bertz CT molecular complexity index is 921. The third-order valence-corrected chi connectivity index (χ3v) is 6.03. The lowest BCUT2D eigenvalue weighted by Crippen LogP contribution is -2.45. The number of amides is 2. The minimum Gasteiger partial charge on any atom is -0.458 e. The predicted molar refractivity (Wildman–Crippen MR) is 115 cm³/mol. The van der Waals surface area contributed by atoms with Crippen molar-refractivity contribution in [1.82, 2.24) is 10.3 Å². The van der Waals surface area contributed by atoms with Gasteiger partial charge in [-0.1, -0.05) is 25.0 Å². The molecule has 1 aliphatic carbocycles. The summed E-state index contributed by atoms with van der Waals surface area (Å²) in [6.07, 6.45) is 3.93. The van der Waals surface area contributed by atoms with Crippen molar-refractivity contribution in [2.75, 3.05) is 4.90 Å². The van der Waals surface area contributed by atoms with Crippen LogP contribution in [-0.4, -0.2) is 28.8 Å². The summed E-state index contributed by atoms with van der Waals surface area (Å²) in [5.41, 5.74) is 2.35. The highest BCUT2D eigenvalue weighted by Crippen LogP contribution is 2.30. The van der Waals surface area contributed by atoms with E-state index in [-0.39, 0.29) is 24.3 Å². The number of aromatic nitrogens is 1. The summed E-state index contributed by atoms with van der Waals surface area (Å²) in [7, 11) is 0. The summed E-state index contributed by atoms with van der Waals surface area (Å²) in [4.78, 5) is 42.4. The smallest absolute Gasteiger partial charge is 0.329 e. The number of rotatable bonds is 7. The normalized spacial score (nSPS) is 14.9. The molecule has 1 aromatic heterocycles. The highest BCUT2D eigenvalue weighted by atomic mass is 32.1. The lowest BCUT2D eigenvalue weighted by Gasteiger charge is -2.22. The zero-order chi connectivity index (χ0) is 21.7. The first-order chi connectivity index (χ1) is 14.3. The lowest BCUT2D eigenvalue weighted by molar-refractivity contribution is -0.150. The number of ether oxygens (including phenoxy) is 1. The number of carbonyl (C=O) groups is 3. The summed E-state index contributed by atoms with van der Waals surface area (Å²) in [6, 6.07) is 7.01. The van der Waals surface area contributed by atoms with Gasteiger partial charge in [-0.3, -0.25) is 14.5 Å². The molecule has 1 saturated carbocycles. The van der Waals surface area contributed by atoms with Crippen LogP contribution in [0.1, 0.15) is 50.8 Å². The van der Waals surface area contributed by atoms with Crippen LogP contribution in [0.15, 0.2) is 29.6 Å². The van der Waals surface area contributed by atoms with E-state index in [2.05, 4.69) is 10.3 Å². The molecule has 1 heterocycles. The van der Waals surface area contributed by atoms with Gasteiger partial charge in [-0.25, -0.2) is 9.78 Å². The van der Waals surface area contributed by atoms with Crippen LogP contribution in [0, 0.1) is 12.8 Å². The molecule has 8 heteroatoms. The number of aryl methyl sites for hydroxylation is 1. The average Bonchev–Trinajstić information content (AvgIpc) is 3.36. The average molecular weight is 430 g/mol. The van der Waals surface area contributed by atoms with Crippen molar-refractivity contribution in [2.24, 2.45) is 5.92 Å². The molecule has 0 bridgehead atoms. The number of benzene rings is 1. The molecule has 30 heavy (non-hydrogen) atoms. The van der Waals surface area contributed by atoms with E-state index in [4.69, 9.17) is 4.74 Å². The number of anilines is 2. The first kappa shape index (κ1) is 22.0. The van der Waals surface area contributed by atoms with E-state index in [1.807, 2.05) is 31.2 Å². The molecule has 1 fully saturated rings. The summed E-state index contributed by atoms with van der Waals surface area (Å²) < 4.78 is 5.47. The molecular formula is C22H27N3O4S. The van der Waals surface area contributed by atoms with Crippen LogP contribution in [0.2, 0.25) is 0 Å². The van der Waals surface area contributed by atoms with Crippen LogP contribution in [0.3, 0.4) is 0 Å². The number of esters is 1. The molecule has 3 rings (SSSR count). The van der Waals surface area contributed by atoms with E-state index in [1.54, 1.807) is 10.3 Å². The molecule has 0 unspecified atom stereocenters. The van der Waals surface area contributed by atoms with Gasteiger partial charge in [0.05, 0.1) is 11.4 Å². The molecule has 2 aromatic rings. The van der Waals surface area contributed by atoms with E-state index < -0.39 is 12.0 Å². The van der Waals surface area contributed by atoms with Gasteiger partial charge in [-0.2, -0.15) is 0 Å². The molecule has 0 spiro atoms. The lowest BCUT2D eigenvalue weighted by atomic mass is 9.98. The second-order valence-corrected chi connectivity index (χ2v) is 8.48. The quantitative estimate of drug-likeness (QED) is 0.675. The molecule has 1 aromatic carbocycles. The predicted octanol–water partition coefficient (Wildman–Crippen LogP) is 3.87. The van der Waals surface area contributed by atoms with Crippen LogP contribution in [-0.2, 0) is 25.7 Å². The minimum atomic E-state index is -0.621. The van der Waals surface area contributed by atoms with Gasteiger partial charge >= 0.3 is 5.97 Å².